The molecular weight excluding hydrogens is 264 g/mol. The van der Waals surface area contributed by atoms with E-state index in [1.165, 1.54) is 0 Å². The van der Waals surface area contributed by atoms with Gasteiger partial charge in [0.15, 0.2) is 0 Å². The molecule has 1 aromatic carbocycles. The standard InChI is InChI=1S/C18H26O3/c1-4-14(12-15-8-6-7-9-17(15)20)10-11-18(21)16(5-2)13(3)19/h5-9,12-13,16,18-21H,2,4,10-11H2,1,3H3/b14-12+/t13-,16+,18-/m1/s1. The predicted molar refractivity (Wildman–Crippen MR) is 87.0 cm³/mol. The van der Waals surface area contributed by atoms with Crippen molar-refractivity contribution in [2.75, 3.05) is 0 Å². The van der Waals surface area contributed by atoms with Gasteiger partial charge in [0, 0.05) is 11.5 Å². The Balaban J connectivity index is 2.71. The minimum atomic E-state index is -0.609. The van der Waals surface area contributed by atoms with Crippen LogP contribution in [0.15, 0.2) is 42.5 Å². The maximum atomic E-state index is 10.1. The summed E-state index contributed by atoms with van der Waals surface area (Å²) in [7, 11) is 0. The summed E-state index contributed by atoms with van der Waals surface area (Å²) in [6.07, 6.45) is 4.50. The molecule has 0 radical (unpaired) electrons. The van der Waals surface area contributed by atoms with Crippen LogP contribution in [-0.4, -0.2) is 27.5 Å². The van der Waals surface area contributed by atoms with Crippen LogP contribution in [0.4, 0.5) is 0 Å². The van der Waals surface area contributed by atoms with Crippen LogP contribution in [-0.2, 0) is 0 Å². The summed E-state index contributed by atoms with van der Waals surface area (Å²) >= 11 is 0. The van der Waals surface area contributed by atoms with Crippen LogP contribution in [0, 0.1) is 5.92 Å². The second kappa shape index (κ2) is 8.65. The minimum Gasteiger partial charge on any atom is -0.507 e. The molecule has 3 heteroatoms. The fourth-order valence-electron chi connectivity index (χ4n) is 2.38. The lowest BCUT2D eigenvalue weighted by Crippen LogP contribution is -2.28. The van der Waals surface area contributed by atoms with E-state index in [2.05, 4.69) is 13.5 Å². The summed E-state index contributed by atoms with van der Waals surface area (Å²) in [5.74, 6) is -0.0508. The minimum absolute atomic E-state index is 0.261. The lowest BCUT2D eigenvalue weighted by atomic mass is 9.91. The van der Waals surface area contributed by atoms with Crippen LogP contribution in [0.2, 0.25) is 0 Å². The molecule has 116 valence electrons. The Morgan fingerprint density at radius 1 is 1.29 bits per heavy atom. The monoisotopic (exact) mass is 290 g/mol. The Hall–Kier alpha value is -1.58. The third-order valence-electron chi connectivity index (χ3n) is 3.79. The van der Waals surface area contributed by atoms with Gasteiger partial charge in [-0.1, -0.05) is 42.8 Å². The van der Waals surface area contributed by atoms with Crippen LogP contribution in [0.1, 0.15) is 38.7 Å². The van der Waals surface area contributed by atoms with E-state index in [9.17, 15) is 15.3 Å². The van der Waals surface area contributed by atoms with E-state index in [0.717, 1.165) is 24.0 Å². The molecule has 3 nitrogen and oxygen atoms in total. The topological polar surface area (TPSA) is 60.7 Å². The number of aliphatic hydroxyl groups is 2. The van der Waals surface area contributed by atoms with E-state index in [-0.39, 0.29) is 11.7 Å². The van der Waals surface area contributed by atoms with Crippen molar-refractivity contribution < 1.29 is 15.3 Å². The van der Waals surface area contributed by atoms with Crippen molar-refractivity contribution >= 4 is 6.08 Å². The highest BCUT2D eigenvalue weighted by molar-refractivity contribution is 5.59. The molecule has 3 N–H and O–H groups in total. The molecule has 0 aliphatic rings. The molecule has 1 aromatic rings. The van der Waals surface area contributed by atoms with Crippen LogP contribution in [0.5, 0.6) is 5.75 Å². The number of phenolic OH excluding ortho intramolecular Hbond substituents is 1. The van der Waals surface area contributed by atoms with E-state index in [1.807, 2.05) is 18.2 Å². The molecule has 0 heterocycles. The highest BCUT2D eigenvalue weighted by Gasteiger charge is 2.20. The highest BCUT2D eigenvalue weighted by atomic mass is 16.3. The molecule has 0 unspecified atom stereocenters. The molecule has 1 rings (SSSR count). The number of allylic oxidation sites excluding steroid dienone is 1. The van der Waals surface area contributed by atoms with Crippen molar-refractivity contribution in [3.8, 4) is 5.75 Å². The first-order chi connectivity index (χ1) is 9.99. The number of hydrogen-bond acceptors (Lipinski definition) is 3. The van der Waals surface area contributed by atoms with Crippen LogP contribution < -0.4 is 0 Å². The SMILES string of the molecule is C=C[C@H]([C@H](O)CC/C(=C/c1ccccc1O)CC)[C@@H](C)O. The normalized spacial score (nSPS) is 16.3. The number of para-hydroxylation sites is 1. The summed E-state index contributed by atoms with van der Waals surface area (Å²) in [6.45, 7) is 7.38. The van der Waals surface area contributed by atoms with Gasteiger partial charge < -0.3 is 15.3 Å². The zero-order valence-corrected chi connectivity index (χ0v) is 12.9. The molecule has 0 bridgehead atoms. The Morgan fingerprint density at radius 3 is 2.48 bits per heavy atom. The van der Waals surface area contributed by atoms with Gasteiger partial charge in [-0.05, 0) is 32.3 Å². The molecule has 0 spiro atoms. The van der Waals surface area contributed by atoms with Gasteiger partial charge >= 0.3 is 0 Å². The van der Waals surface area contributed by atoms with Crippen molar-refractivity contribution in [1.29, 1.82) is 0 Å². The Morgan fingerprint density at radius 2 is 1.95 bits per heavy atom. The van der Waals surface area contributed by atoms with E-state index < -0.39 is 12.2 Å². The molecule has 0 aliphatic heterocycles. The lowest BCUT2D eigenvalue weighted by Gasteiger charge is -2.22. The number of rotatable bonds is 8. The zero-order valence-electron chi connectivity index (χ0n) is 12.9. The molecule has 0 amide bonds. The van der Waals surface area contributed by atoms with Gasteiger partial charge in [-0.25, -0.2) is 0 Å². The fourth-order valence-corrected chi connectivity index (χ4v) is 2.38. The first-order valence-corrected chi connectivity index (χ1v) is 7.45. The van der Waals surface area contributed by atoms with Gasteiger partial charge in [0.1, 0.15) is 5.75 Å². The largest absolute Gasteiger partial charge is 0.507 e. The molecule has 0 fully saturated rings. The van der Waals surface area contributed by atoms with Crippen molar-refractivity contribution in [2.45, 2.75) is 45.3 Å². The van der Waals surface area contributed by atoms with Gasteiger partial charge in [0.25, 0.3) is 0 Å². The van der Waals surface area contributed by atoms with Crippen molar-refractivity contribution in [1.82, 2.24) is 0 Å². The van der Waals surface area contributed by atoms with E-state index in [4.69, 9.17) is 0 Å². The van der Waals surface area contributed by atoms with Gasteiger partial charge in [-0.15, -0.1) is 6.58 Å². The third kappa shape index (κ3) is 5.37. The number of benzene rings is 1. The van der Waals surface area contributed by atoms with E-state index in [1.54, 1.807) is 25.1 Å². The number of phenols is 1. The average Bonchev–Trinajstić information content (AvgIpc) is 2.45. The molecular formula is C18H26O3. The smallest absolute Gasteiger partial charge is 0.122 e. The Labute approximate surface area is 127 Å². The van der Waals surface area contributed by atoms with Gasteiger partial charge in [0.05, 0.1) is 12.2 Å². The zero-order chi connectivity index (χ0) is 15.8. The first kappa shape index (κ1) is 17.5. The van der Waals surface area contributed by atoms with Gasteiger partial charge in [0.2, 0.25) is 0 Å². The first-order valence-electron chi connectivity index (χ1n) is 7.45. The third-order valence-corrected chi connectivity index (χ3v) is 3.79. The summed E-state index contributed by atoms with van der Waals surface area (Å²) in [5.41, 5.74) is 1.95. The number of hydrogen-bond donors (Lipinski definition) is 3. The second-order valence-corrected chi connectivity index (χ2v) is 5.37. The highest BCUT2D eigenvalue weighted by Crippen LogP contribution is 2.24. The van der Waals surface area contributed by atoms with Crippen molar-refractivity contribution in [3.05, 3.63) is 48.1 Å². The van der Waals surface area contributed by atoms with Crippen molar-refractivity contribution in [3.63, 3.8) is 0 Å². The summed E-state index contributed by atoms with van der Waals surface area (Å²) in [6, 6.07) is 7.20. The fraction of sp³-hybridized carbons (Fsp3) is 0.444. The Bertz CT molecular complexity index is 477. The maximum absolute atomic E-state index is 10.1. The van der Waals surface area contributed by atoms with Crippen LogP contribution in [0.25, 0.3) is 6.08 Å². The second-order valence-electron chi connectivity index (χ2n) is 5.37. The molecule has 0 aliphatic carbocycles. The molecule has 0 aromatic heterocycles. The number of aromatic hydroxyl groups is 1. The summed E-state index contributed by atoms with van der Waals surface area (Å²) < 4.78 is 0. The molecule has 0 saturated carbocycles. The number of aliphatic hydroxyl groups excluding tert-OH is 2. The molecule has 3 atom stereocenters. The molecule has 0 saturated heterocycles. The van der Waals surface area contributed by atoms with E-state index >= 15 is 0 Å². The summed E-state index contributed by atoms with van der Waals surface area (Å²) in [5, 5.41) is 29.5. The van der Waals surface area contributed by atoms with Gasteiger partial charge in [-0.2, -0.15) is 0 Å². The van der Waals surface area contributed by atoms with Crippen LogP contribution in [0.3, 0.4) is 0 Å². The van der Waals surface area contributed by atoms with E-state index in [0.29, 0.717) is 6.42 Å². The molecule has 21 heavy (non-hydrogen) atoms. The Kier molecular flexibility index (Phi) is 7.20. The quantitative estimate of drug-likeness (QED) is 0.642. The maximum Gasteiger partial charge on any atom is 0.122 e. The van der Waals surface area contributed by atoms with Crippen LogP contribution >= 0.6 is 0 Å². The summed E-state index contributed by atoms with van der Waals surface area (Å²) in [4.78, 5) is 0. The average molecular weight is 290 g/mol. The van der Waals surface area contributed by atoms with Gasteiger partial charge in [-0.3, -0.25) is 0 Å². The van der Waals surface area contributed by atoms with Crippen molar-refractivity contribution in [2.24, 2.45) is 5.92 Å². The predicted octanol–water partition coefficient (Wildman–Crippen LogP) is 3.51. The lowest BCUT2D eigenvalue weighted by molar-refractivity contribution is 0.0421.